The number of primary amides is 1. The number of nitrogens with zero attached hydrogens (tertiary/aromatic N) is 3. The number of nitrogens with two attached hydrogens (primary N) is 1. The van der Waals surface area contributed by atoms with Crippen molar-refractivity contribution in [2.24, 2.45) is 5.73 Å². The molecule has 39 heavy (non-hydrogen) atoms. The largest absolute Gasteiger partial charge is 0.377 e. The zero-order chi connectivity index (χ0) is 27.9. The first-order valence-electron chi connectivity index (χ1n) is 13.4. The Morgan fingerprint density at radius 1 is 1.13 bits per heavy atom. The van der Waals surface area contributed by atoms with E-state index in [1.54, 1.807) is 0 Å². The first-order valence-corrected chi connectivity index (χ1v) is 14.2. The normalized spacial score (nSPS) is 11.2. The Labute approximate surface area is 234 Å². The van der Waals surface area contributed by atoms with Crippen molar-refractivity contribution in [1.82, 2.24) is 14.7 Å². The van der Waals surface area contributed by atoms with E-state index in [-0.39, 0.29) is 0 Å². The van der Waals surface area contributed by atoms with E-state index in [1.807, 2.05) is 44.4 Å². The summed E-state index contributed by atoms with van der Waals surface area (Å²) in [7, 11) is 0. The maximum atomic E-state index is 12.4. The summed E-state index contributed by atoms with van der Waals surface area (Å²) in [5.41, 5.74) is 13.2. The van der Waals surface area contributed by atoms with Gasteiger partial charge in [-0.25, -0.2) is 4.98 Å². The van der Waals surface area contributed by atoms with Gasteiger partial charge in [-0.15, -0.1) is 0 Å². The molecule has 0 radical (unpaired) electrons. The van der Waals surface area contributed by atoms with Crippen LogP contribution in [0.3, 0.4) is 0 Å². The second-order valence-corrected chi connectivity index (χ2v) is 10.3. The van der Waals surface area contributed by atoms with Crippen molar-refractivity contribution in [3.05, 3.63) is 82.1 Å². The summed E-state index contributed by atoms with van der Waals surface area (Å²) >= 11 is 1.49. The molecule has 8 nitrogen and oxygen atoms in total. The van der Waals surface area contributed by atoms with Crippen LogP contribution in [0.1, 0.15) is 71.6 Å². The van der Waals surface area contributed by atoms with E-state index in [9.17, 15) is 4.79 Å². The third kappa shape index (κ3) is 6.37. The van der Waals surface area contributed by atoms with Crippen LogP contribution < -0.4 is 10.5 Å². The number of aromatic nitrogens is 3. The molecular weight excluding hydrogens is 510 g/mol. The molecule has 0 aliphatic carbocycles. The zero-order valence-electron chi connectivity index (χ0n) is 23.3. The number of hydrogen-bond donors (Lipinski definition) is 2. The van der Waals surface area contributed by atoms with E-state index in [4.69, 9.17) is 20.0 Å². The van der Waals surface area contributed by atoms with Crippen molar-refractivity contribution < 1.29 is 14.1 Å². The van der Waals surface area contributed by atoms with Crippen LogP contribution in [-0.4, -0.2) is 27.2 Å². The number of aryl methyl sites for hydroxylation is 3. The monoisotopic (exact) mass is 547 g/mol. The van der Waals surface area contributed by atoms with E-state index < -0.39 is 5.91 Å². The van der Waals surface area contributed by atoms with Gasteiger partial charge in [0, 0.05) is 30.0 Å². The summed E-state index contributed by atoms with van der Waals surface area (Å²) in [4.78, 5) is 18.2. The lowest BCUT2D eigenvalue weighted by Crippen LogP contribution is -2.20. The maximum Gasteiger partial charge on any atom is 0.267 e. The number of hydrogen-bond acceptors (Lipinski definition) is 7. The predicted molar refractivity (Wildman–Crippen MR) is 156 cm³/mol. The average molecular weight is 548 g/mol. The molecule has 2 aromatic heterocycles. The SMILES string of the molecule is CCCc1nc(CC)c(C(N)=O)n1Cc1ccc(-c2ccccc2SNc2onc(C)c2C)c(COCC)c1. The molecule has 206 valence electrons. The van der Waals surface area contributed by atoms with Crippen LogP contribution in [0.15, 0.2) is 51.9 Å². The third-order valence-corrected chi connectivity index (χ3v) is 7.58. The van der Waals surface area contributed by atoms with Gasteiger partial charge in [-0.1, -0.05) is 55.4 Å². The lowest BCUT2D eigenvalue weighted by atomic mass is 9.97. The van der Waals surface area contributed by atoms with Crippen molar-refractivity contribution >= 4 is 23.7 Å². The number of carbonyl (C=O) groups excluding carboxylic acids is 1. The van der Waals surface area contributed by atoms with E-state index in [2.05, 4.69) is 47.1 Å². The molecule has 0 saturated heterocycles. The summed E-state index contributed by atoms with van der Waals surface area (Å²) in [5.74, 6) is 1.10. The molecule has 1 amide bonds. The van der Waals surface area contributed by atoms with E-state index in [1.165, 1.54) is 11.9 Å². The Hall–Kier alpha value is -3.56. The summed E-state index contributed by atoms with van der Waals surface area (Å²) in [6.07, 6.45) is 2.38. The van der Waals surface area contributed by atoms with Gasteiger partial charge in [0.15, 0.2) is 0 Å². The van der Waals surface area contributed by atoms with Crippen molar-refractivity contribution in [2.45, 2.75) is 71.9 Å². The number of amides is 1. The maximum absolute atomic E-state index is 12.4. The van der Waals surface area contributed by atoms with Crippen LogP contribution in [0.2, 0.25) is 0 Å². The first kappa shape index (κ1) is 28.4. The van der Waals surface area contributed by atoms with Gasteiger partial charge in [0.05, 0.1) is 18.0 Å². The fourth-order valence-electron chi connectivity index (χ4n) is 4.57. The lowest BCUT2D eigenvalue weighted by molar-refractivity contribution is 0.0990. The summed E-state index contributed by atoms with van der Waals surface area (Å²) in [5, 5.41) is 4.04. The van der Waals surface area contributed by atoms with Gasteiger partial charge in [-0.3, -0.25) is 9.52 Å². The highest BCUT2D eigenvalue weighted by Crippen LogP contribution is 2.35. The Kier molecular flexibility index (Phi) is 9.48. The number of ether oxygens (including phenoxy) is 1. The molecule has 9 heteroatoms. The topological polar surface area (TPSA) is 108 Å². The van der Waals surface area contributed by atoms with Gasteiger partial charge in [-0.05, 0) is 73.9 Å². The molecule has 3 N–H and O–H groups in total. The highest BCUT2D eigenvalue weighted by Gasteiger charge is 2.21. The predicted octanol–water partition coefficient (Wildman–Crippen LogP) is 6.47. The minimum Gasteiger partial charge on any atom is -0.377 e. The Morgan fingerprint density at radius 2 is 1.92 bits per heavy atom. The van der Waals surface area contributed by atoms with Crippen LogP contribution in [0, 0.1) is 13.8 Å². The molecule has 0 saturated carbocycles. The molecular formula is C30H37N5O3S. The molecule has 0 bridgehead atoms. The molecule has 4 rings (SSSR count). The van der Waals surface area contributed by atoms with E-state index in [0.29, 0.717) is 37.8 Å². The molecule has 0 atom stereocenters. The van der Waals surface area contributed by atoms with Crippen molar-refractivity contribution in [3.63, 3.8) is 0 Å². The van der Waals surface area contributed by atoms with Gasteiger partial charge in [0.25, 0.3) is 5.91 Å². The van der Waals surface area contributed by atoms with Gasteiger partial charge in [-0.2, -0.15) is 0 Å². The van der Waals surface area contributed by atoms with Gasteiger partial charge in [0.1, 0.15) is 11.5 Å². The van der Waals surface area contributed by atoms with Crippen molar-refractivity contribution in [1.29, 1.82) is 0 Å². The Morgan fingerprint density at radius 3 is 2.59 bits per heavy atom. The number of anilines is 1. The average Bonchev–Trinajstić information content (AvgIpc) is 3.45. The van der Waals surface area contributed by atoms with Crippen LogP contribution in [0.5, 0.6) is 0 Å². The first-order chi connectivity index (χ1) is 18.9. The smallest absolute Gasteiger partial charge is 0.267 e. The zero-order valence-corrected chi connectivity index (χ0v) is 24.2. The van der Waals surface area contributed by atoms with Crippen LogP contribution in [0.25, 0.3) is 11.1 Å². The highest BCUT2D eigenvalue weighted by atomic mass is 32.2. The summed E-state index contributed by atoms with van der Waals surface area (Å²) in [6.45, 7) is 11.6. The van der Waals surface area contributed by atoms with Gasteiger partial charge >= 0.3 is 0 Å². The standard InChI is InChI=1S/C30H37N5O3S/c1-6-11-27-32-25(7-2)28(29(31)36)35(27)17-21-14-15-23(22(16-21)18-37-8-3)24-12-9-10-13-26(24)39-34-30-19(4)20(5)33-38-30/h9-10,12-16,34H,6-8,11,17-18H2,1-5H3,(H2,31,36). The van der Waals surface area contributed by atoms with Crippen LogP contribution in [-0.2, 0) is 30.7 Å². The minimum absolute atomic E-state index is 0.441. The quantitative estimate of drug-likeness (QED) is 0.185. The van der Waals surface area contributed by atoms with Crippen LogP contribution in [0.4, 0.5) is 5.88 Å². The molecule has 4 aromatic rings. The fraction of sp³-hybridized carbons (Fsp3) is 0.367. The molecule has 0 aliphatic heterocycles. The molecule has 0 unspecified atom stereocenters. The number of nitrogens with one attached hydrogen (secondary N) is 1. The molecule has 0 fully saturated rings. The Balaban J connectivity index is 1.70. The van der Waals surface area contributed by atoms with E-state index >= 15 is 0 Å². The van der Waals surface area contributed by atoms with Gasteiger partial charge in [0.2, 0.25) is 5.88 Å². The van der Waals surface area contributed by atoms with Crippen LogP contribution >= 0.6 is 11.9 Å². The molecule has 0 spiro atoms. The van der Waals surface area contributed by atoms with Gasteiger partial charge < -0.3 is 19.6 Å². The molecule has 2 aromatic carbocycles. The number of benzene rings is 2. The number of carbonyl (C=O) groups is 1. The lowest BCUT2D eigenvalue weighted by Gasteiger charge is -2.17. The summed E-state index contributed by atoms with van der Waals surface area (Å²) in [6, 6.07) is 14.7. The van der Waals surface area contributed by atoms with Crippen molar-refractivity contribution in [2.75, 3.05) is 11.3 Å². The van der Waals surface area contributed by atoms with Crippen molar-refractivity contribution in [3.8, 4) is 11.1 Å². The van der Waals surface area contributed by atoms with E-state index in [0.717, 1.165) is 62.8 Å². The second kappa shape index (κ2) is 13.0. The third-order valence-electron chi connectivity index (χ3n) is 6.72. The summed E-state index contributed by atoms with van der Waals surface area (Å²) < 4.78 is 16.6. The fourth-order valence-corrected chi connectivity index (χ4v) is 5.40. The number of rotatable bonds is 13. The number of imidazole rings is 1. The molecule has 2 heterocycles. The Bertz CT molecular complexity index is 1440. The molecule has 0 aliphatic rings. The second-order valence-electron chi connectivity index (χ2n) is 9.43. The minimum atomic E-state index is -0.441. The highest BCUT2D eigenvalue weighted by molar-refractivity contribution is 8.00.